The van der Waals surface area contributed by atoms with Gasteiger partial charge in [-0.25, -0.2) is 0 Å². The fourth-order valence-corrected chi connectivity index (χ4v) is 2.16. The summed E-state index contributed by atoms with van der Waals surface area (Å²) in [4.78, 5) is 11.8. The van der Waals surface area contributed by atoms with Crippen LogP contribution in [0.3, 0.4) is 0 Å². The molecule has 0 saturated heterocycles. The number of rotatable bonds is 8. The Hall–Kier alpha value is -1.77. The summed E-state index contributed by atoms with van der Waals surface area (Å²) in [6.45, 7) is 7.31. The van der Waals surface area contributed by atoms with Crippen molar-refractivity contribution in [2.75, 3.05) is 12.3 Å². The lowest BCUT2D eigenvalue weighted by Crippen LogP contribution is -2.32. The maximum absolute atomic E-state index is 11.8. The van der Waals surface area contributed by atoms with E-state index in [9.17, 15) is 4.79 Å². The molecule has 0 heterocycles. The average Bonchev–Trinajstić information content (AvgIpc) is 2.43. The van der Waals surface area contributed by atoms with Gasteiger partial charge in [0.25, 0.3) is 0 Å². The highest BCUT2D eigenvalue weighted by Gasteiger charge is 2.17. The van der Waals surface area contributed by atoms with Crippen LogP contribution in [0.4, 0.5) is 5.69 Å². The van der Waals surface area contributed by atoms with Crippen LogP contribution in [0.1, 0.15) is 52.0 Å². The van der Waals surface area contributed by atoms with Crippen LogP contribution in [-0.2, 0) is 4.79 Å². The Morgan fingerprint density at radius 2 is 2.10 bits per heavy atom. The zero-order valence-electron chi connectivity index (χ0n) is 13.5. The number of nitrogens with one attached hydrogen (secondary N) is 1. The van der Waals surface area contributed by atoms with Gasteiger partial charge in [-0.3, -0.25) is 4.79 Å². The van der Waals surface area contributed by atoms with Crippen molar-refractivity contribution in [2.24, 2.45) is 5.41 Å². The zero-order valence-corrected chi connectivity index (χ0v) is 13.5. The Kier molecular flexibility index (Phi) is 7.00. The van der Waals surface area contributed by atoms with Crippen LogP contribution in [0.2, 0.25) is 0 Å². The fourth-order valence-electron chi connectivity index (χ4n) is 2.16. The first-order chi connectivity index (χ1) is 9.93. The van der Waals surface area contributed by atoms with Gasteiger partial charge in [-0.2, -0.15) is 0 Å². The highest BCUT2D eigenvalue weighted by Crippen LogP contribution is 2.22. The maximum Gasteiger partial charge on any atom is 0.244 e. The Bertz CT molecular complexity index is 478. The van der Waals surface area contributed by atoms with Crippen molar-refractivity contribution in [2.45, 2.75) is 46.5 Å². The Labute approximate surface area is 128 Å². The third-order valence-corrected chi connectivity index (χ3v) is 3.54. The second-order valence-electron chi connectivity index (χ2n) is 6.34. The second kappa shape index (κ2) is 8.50. The molecule has 116 valence electrons. The molecule has 3 heteroatoms. The SMILES string of the molecule is CCCCCC(C)(C)CNC(=O)/C=C/c1cccc(N)c1. The minimum Gasteiger partial charge on any atom is -0.399 e. The summed E-state index contributed by atoms with van der Waals surface area (Å²) < 4.78 is 0. The summed E-state index contributed by atoms with van der Waals surface area (Å²) in [6.07, 6.45) is 8.20. The van der Waals surface area contributed by atoms with E-state index in [2.05, 4.69) is 26.1 Å². The van der Waals surface area contributed by atoms with Gasteiger partial charge in [0.05, 0.1) is 0 Å². The molecule has 0 radical (unpaired) electrons. The van der Waals surface area contributed by atoms with E-state index in [1.807, 2.05) is 24.3 Å². The fraction of sp³-hybridized carbons (Fsp3) is 0.500. The molecular weight excluding hydrogens is 260 g/mol. The van der Waals surface area contributed by atoms with Gasteiger partial charge in [0.2, 0.25) is 5.91 Å². The molecule has 3 nitrogen and oxygen atoms in total. The van der Waals surface area contributed by atoms with Crippen LogP contribution in [0.25, 0.3) is 6.08 Å². The van der Waals surface area contributed by atoms with Crippen LogP contribution < -0.4 is 11.1 Å². The van der Waals surface area contributed by atoms with Crippen LogP contribution in [0.5, 0.6) is 0 Å². The third-order valence-electron chi connectivity index (χ3n) is 3.54. The van der Waals surface area contributed by atoms with Gasteiger partial charge in [0, 0.05) is 18.3 Å². The summed E-state index contributed by atoms with van der Waals surface area (Å²) in [5.74, 6) is -0.0546. The summed E-state index contributed by atoms with van der Waals surface area (Å²) in [5.41, 5.74) is 7.49. The number of hydrogen-bond acceptors (Lipinski definition) is 2. The molecule has 0 fully saturated rings. The van der Waals surface area contributed by atoms with E-state index in [1.54, 1.807) is 12.2 Å². The lowest BCUT2D eigenvalue weighted by atomic mass is 9.87. The standard InChI is InChI=1S/C18H28N2O/c1-4-5-6-12-18(2,3)14-20-17(21)11-10-15-8-7-9-16(19)13-15/h7-11,13H,4-6,12,14,19H2,1-3H3,(H,20,21)/b11-10+. The molecule has 1 aromatic carbocycles. The minimum atomic E-state index is -0.0546. The van der Waals surface area contributed by atoms with Crippen LogP contribution in [-0.4, -0.2) is 12.5 Å². The van der Waals surface area contributed by atoms with Gasteiger partial charge in [0.1, 0.15) is 0 Å². The number of benzene rings is 1. The molecule has 0 spiro atoms. The van der Waals surface area contributed by atoms with Crippen molar-refractivity contribution in [3.8, 4) is 0 Å². The molecule has 0 unspecified atom stereocenters. The van der Waals surface area contributed by atoms with Gasteiger partial charge >= 0.3 is 0 Å². The molecular formula is C18H28N2O. The first-order valence-corrected chi connectivity index (χ1v) is 7.74. The summed E-state index contributed by atoms with van der Waals surface area (Å²) >= 11 is 0. The average molecular weight is 288 g/mol. The van der Waals surface area contributed by atoms with E-state index in [0.29, 0.717) is 12.2 Å². The monoisotopic (exact) mass is 288 g/mol. The molecule has 0 aromatic heterocycles. The van der Waals surface area contributed by atoms with E-state index in [1.165, 1.54) is 19.3 Å². The molecule has 0 bridgehead atoms. The molecule has 0 atom stereocenters. The molecule has 0 aliphatic carbocycles. The maximum atomic E-state index is 11.8. The number of nitrogens with two attached hydrogens (primary N) is 1. The first kappa shape index (κ1) is 17.3. The normalized spacial score (nSPS) is 11.8. The highest BCUT2D eigenvalue weighted by molar-refractivity contribution is 5.91. The number of carbonyl (C=O) groups is 1. The van der Waals surface area contributed by atoms with Crippen molar-refractivity contribution < 1.29 is 4.79 Å². The Morgan fingerprint density at radius 3 is 2.76 bits per heavy atom. The summed E-state index contributed by atoms with van der Waals surface area (Å²) in [7, 11) is 0. The molecule has 3 N–H and O–H groups in total. The Morgan fingerprint density at radius 1 is 1.33 bits per heavy atom. The zero-order chi connectivity index (χ0) is 15.7. The molecule has 0 saturated carbocycles. The van der Waals surface area contributed by atoms with Crippen molar-refractivity contribution in [3.63, 3.8) is 0 Å². The van der Waals surface area contributed by atoms with Crippen LogP contribution in [0, 0.1) is 5.41 Å². The largest absolute Gasteiger partial charge is 0.399 e. The lowest BCUT2D eigenvalue weighted by molar-refractivity contribution is -0.116. The molecule has 0 aliphatic heterocycles. The third kappa shape index (κ3) is 7.54. The Balaban J connectivity index is 2.39. The topological polar surface area (TPSA) is 55.1 Å². The van der Waals surface area contributed by atoms with E-state index >= 15 is 0 Å². The van der Waals surface area contributed by atoms with E-state index in [-0.39, 0.29) is 11.3 Å². The van der Waals surface area contributed by atoms with Gasteiger partial charge in [-0.1, -0.05) is 52.2 Å². The number of anilines is 1. The predicted molar refractivity (Wildman–Crippen MR) is 90.8 cm³/mol. The van der Waals surface area contributed by atoms with Crippen LogP contribution in [0.15, 0.2) is 30.3 Å². The van der Waals surface area contributed by atoms with Crippen molar-refractivity contribution in [1.82, 2.24) is 5.32 Å². The molecule has 1 amide bonds. The van der Waals surface area contributed by atoms with E-state index in [0.717, 1.165) is 12.0 Å². The van der Waals surface area contributed by atoms with E-state index < -0.39 is 0 Å². The summed E-state index contributed by atoms with van der Waals surface area (Å²) in [6, 6.07) is 7.48. The number of hydrogen-bond donors (Lipinski definition) is 2. The minimum absolute atomic E-state index is 0.0546. The van der Waals surface area contributed by atoms with Crippen molar-refractivity contribution in [3.05, 3.63) is 35.9 Å². The van der Waals surface area contributed by atoms with Gasteiger partial charge in [0.15, 0.2) is 0 Å². The number of nitrogen functional groups attached to an aromatic ring is 1. The number of unbranched alkanes of at least 4 members (excludes halogenated alkanes) is 2. The molecule has 21 heavy (non-hydrogen) atoms. The lowest BCUT2D eigenvalue weighted by Gasteiger charge is -2.24. The number of amides is 1. The second-order valence-corrected chi connectivity index (χ2v) is 6.34. The van der Waals surface area contributed by atoms with Gasteiger partial charge < -0.3 is 11.1 Å². The molecule has 0 aliphatic rings. The first-order valence-electron chi connectivity index (χ1n) is 7.74. The van der Waals surface area contributed by atoms with Gasteiger partial charge in [-0.05, 0) is 35.6 Å². The van der Waals surface area contributed by atoms with Crippen molar-refractivity contribution in [1.29, 1.82) is 0 Å². The summed E-state index contributed by atoms with van der Waals surface area (Å²) in [5, 5.41) is 2.98. The molecule has 1 rings (SSSR count). The van der Waals surface area contributed by atoms with Crippen LogP contribution >= 0.6 is 0 Å². The smallest absolute Gasteiger partial charge is 0.244 e. The quantitative estimate of drug-likeness (QED) is 0.431. The highest BCUT2D eigenvalue weighted by atomic mass is 16.1. The molecule has 1 aromatic rings. The predicted octanol–water partition coefficient (Wildman–Crippen LogP) is 4.00. The van der Waals surface area contributed by atoms with E-state index in [4.69, 9.17) is 5.73 Å². The number of carbonyl (C=O) groups excluding carboxylic acids is 1. The van der Waals surface area contributed by atoms with Gasteiger partial charge in [-0.15, -0.1) is 0 Å². The van der Waals surface area contributed by atoms with Crippen molar-refractivity contribution >= 4 is 17.7 Å².